The number of nitrogens with zero attached hydrogens (tertiary/aromatic N) is 3. The van der Waals surface area contributed by atoms with Crippen LogP contribution < -0.4 is 15.0 Å². The molecule has 4 aromatic rings. The molecule has 0 spiro atoms. The number of aromatic nitrogens is 4. The Kier molecular flexibility index (Phi) is 6.03. The lowest BCUT2D eigenvalue weighted by molar-refractivity contribution is 0.296. The van der Waals surface area contributed by atoms with E-state index in [1.54, 1.807) is 30.3 Å². The first-order chi connectivity index (χ1) is 14.9. The van der Waals surface area contributed by atoms with E-state index < -0.39 is 11.3 Å². The molecule has 1 unspecified atom stereocenters. The van der Waals surface area contributed by atoms with E-state index in [2.05, 4.69) is 14.8 Å². The minimum Gasteiger partial charge on any atom is -0.760 e. The molecule has 0 aliphatic rings. The summed E-state index contributed by atoms with van der Waals surface area (Å²) < 4.78 is 33.3. The predicted molar refractivity (Wildman–Crippen MR) is 117 cm³/mol. The number of hydrogen-bond acceptors (Lipinski definition) is 5. The van der Waals surface area contributed by atoms with E-state index >= 15 is 0 Å². The van der Waals surface area contributed by atoms with Gasteiger partial charge >= 0.3 is 0 Å². The third kappa shape index (κ3) is 4.46. The molecular weight excluding hydrogens is 418 g/mol. The second-order valence-corrected chi connectivity index (χ2v) is 7.93. The van der Waals surface area contributed by atoms with Crippen LogP contribution in [0.1, 0.15) is 11.3 Å². The zero-order valence-corrected chi connectivity index (χ0v) is 17.9. The molecule has 0 fully saturated rings. The average molecular weight is 441 g/mol. The van der Waals surface area contributed by atoms with E-state index in [1.165, 1.54) is 4.57 Å². The molecule has 10 heteroatoms. The molecule has 1 atom stereocenters. The van der Waals surface area contributed by atoms with Gasteiger partial charge in [0.25, 0.3) is 5.56 Å². The fraction of sp³-hybridized carbons (Fsp3) is 0.238. The smallest absolute Gasteiger partial charge is 0.274 e. The van der Waals surface area contributed by atoms with Gasteiger partial charge in [0.15, 0.2) is 0 Å². The quantitative estimate of drug-likeness (QED) is 0.405. The van der Waals surface area contributed by atoms with Crippen molar-refractivity contribution in [3.63, 3.8) is 0 Å². The molecule has 3 aromatic heterocycles. The Balaban J connectivity index is 1.76. The summed E-state index contributed by atoms with van der Waals surface area (Å²) in [5.74, 6) is 0.659. The van der Waals surface area contributed by atoms with Gasteiger partial charge in [0.05, 0.1) is 5.69 Å². The van der Waals surface area contributed by atoms with E-state index in [1.807, 2.05) is 37.4 Å². The Morgan fingerprint density at radius 1 is 1.23 bits per heavy atom. The molecule has 1 aromatic carbocycles. The summed E-state index contributed by atoms with van der Waals surface area (Å²) in [4.78, 5) is 15.5. The zero-order chi connectivity index (χ0) is 22.0. The van der Waals surface area contributed by atoms with Gasteiger partial charge in [-0.1, -0.05) is 6.07 Å². The normalized spacial score (nSPS) is 12.4. The highest BCUT2D eigenvalue weighted by Gasteiger charge is 2.15. The van der Waals surface area contributed by atoms with Crippen molar-refractivity contribution < 1.29 is 13.5 Å². The molecule has 0 aliphatic heterocycles. The highest BCUT2D eigenvalue weighted by Crippen LogP contribution is 2.35. The number of benzene rings is 1. The van der Waals surface area contributed by atoms with Crippen molar-refractivity contribution in [2.24, 2.45) is 14.1 Å². The molecule has 162 valence electrons. The standard InChI is InChI=1S/C21H23N5O4S/c1-25-12-18(16-7-8-22-20(16)21(25)27)17-11-14(5-10-24-31(28)29)3-4-19(17)30-13-15-6-9-23-26(15)2/h3-4,6-9,11-12,22,24H,5,10,13H2,1-2H3,(H,28,29)/p-1. The molecule has 31 heavy (non-hydrogen) atoms. The van der Waals surface area contributed by atoms with Crippen LogP contribution in [-0.4, -0.2) is 34.6 Å². The highest BCUT2D eigenvalue weighted by atomic mass is 32.2. The van der Waals surface area contributed by atoms with E-state index in [0.717, 1.165) is 27.8 Å². The van der Waals surface area contributed by atoms with Gasteiger partial charge in [-0.2, -0.15) is 5.10 Å². The van der Waals surface area contributed by atoms with Crippen LogP contribution in [0.4, 0.5) is 0 Å². The monoisotopic (exact) mass is 440 g/mol. The molecule has 0 amide bonds. The highest BCUT2D eigenvalue weighted by molar-refractivity contribution is 7.77. The van der Waals surface area contributed by atoms with Crippen LogP contribution in [0.25, 0.3) is 22.0 Å². The largest absolute Gasteiger partial charge is 0.760 e. The first-order valence-corrected chi connectivity index (χ1v) is 10.7. The fourth-order valence-corrected chi connectivity index (χ4v) is 3.79. The summed E-state index contributed by atoms with van der Waals surface area (Å²) in [5.41, 5.74) is 3.94. The summed E-state index contributed by atoms with van der Waals surface area (Å²) in [6.07, 6.45) is 5.76. The first-order valence-electron chi connectivity index (χ1n) is 9.66. The van der Waals surface area contributed by atoms with E-state index in [9.17, 15) is 13.6 Å². The molecule has 0 aliphatic carbocycles. The van der Waals surface area contributed by atoms with E-state index in [-0.39, 0.29) is 12.1 Å². The molecule has 3 heterocycles. The maximum absolute atomic E-state index is 12.5. The van der Waals surface area contributed by atoms with E-state index in [4.69, 9.17) is 4.74 Å². The van der Waals surface area contributed by atoms with Crippen LogP contribution in [0.15, 0.2) is 53.7 Å². The third-order valence-electron chi connectivity index (χ3n) is 5.16. The summed E-state index contributed by atoms with van der Waals surface area (Å²) >= 11 is -2.30. The molecule has 0 radical (unpaired) electrons. The Morgan fingerprint density at radius 3 is 2.81 bits per heavy atom. The minimum absolute atomic E-state index is 0.112. The van der Waals surface area contributed by atoms with Crippen LogP contribution in [0, 0.1) is 0 Å². The minimum atomic E-state index is -2.30. The summed E-state index contributed by atoms with van der Waals surface area (Å²) in [7, 11) is 3.56. The van der Waals surface area contributed by atoms with E-state index in [0.29, 0.717) is 24.3 Å². The lowest BCUT2D eigenvalue weighted by atomic mass is 9.99. The van der Waals surface area contributed by atoms with Crippen LogP contribution in [0.3, 0.4) is 0 Å². The summed E-state index contributed by atoms with van der Waals surface area (Å²) in [6.45, 7) is 0.624. The number of fused-ring (bicyclic) bond motifs is 1. The summed E-state index contributed by atoms with van der Waals surface area (Å²) in [5, 5.41) is 4.96. The van der Waals surface area contributed by atoms with Crippen molar-refractivity contribution in [1.29, 1.82) is 0 Å². The lowest BCUT2D eigenvalue weighted by Gasteiger charge is -2.16. The number of rotatable bonds is 8. The van der Waals surface area contributed by atoms with Gasteiger partial charge in [-0.3, -0.25) is 13.7 Å². The van der Waals surface area contributed by atoms with Gasteiger partial charge in [-0.05, 0) is 36.2 Å². The van der Waals surface area contributed by atoms with Gasteiger partial charge in [0.2, 0.25) is 0 Å². The average Bonchev–Trinajstić information content (AvgIpc) is 3.39. The van der Waals surface area contributed by atoms with Crippen molar-refractivity contribution in [2.45, 2.75) is 13.0 Å². The molecule has 4 rings (SSSR count). The van der Waals surface area contributed by atoms with Crippen LogP contribution in [-0.2, 0) is 38.4 Å². The zero-order valence-electron chi connectivity index (χ0n) is 17.1. The molecule has 0 bridgehead atoms. The Bertz CT molecular complexity index is 1310. The predicted octanol–water partition coefficient (Wildman–Crippen LogP) is 1.77. The molecule has 9 nitrogen and oxygen atoms in total. The second kappa shape index (κ2) is 8.88. The van der Waals surface area contributed by atoms with Crippen LogP contribution >= 0.6 is 0 Å². The van der Waals surface area contributed by atoms with Crippen molar-refractivity contribution in [3.8, 4) is 16.9 Å². The van der Waals surface area contributed by atoms with Gasteiger partial charge in [-0.15, -0.1) is 0 Å². The molecule has 0 saturated heterocycles. The summed E-state index contributed by atoms with van der Waals surface area (Å²) in [6, 6.07) is 9.51. The number of aromatic amines is 1. The Hall–Kier alpha value is -3.21. The number of pyridine rings is 1. The second-order valence-electron chi connectivity index (χ2n) is 7.17. The third-order valence-corrected chi connectivity index (χ3v) is 5.60. The van der Waals surface area contributed by atoms with Crippen molar-refractivity contribution in [1.82, 2.24) is 24.1 Å². The lowest BCUT2D eigenvalue weighted by Crippen LogP contribution is -2.19. The van der Waals surface area contributed by atoms with Gasteiger partial charge in [0.1, 0.15) is 17.9 Å². The van der Waals surface area contributed by atoms with Crippen LogP contribution in [0.2, 0.25) is 0 Å². The number of ether oxygens (including phenoxy) is 1. The van der Waals surface area contributed by atoms with Crippen molar-refractivity contribution >= 4 is 22.2 Å². The van der Waals surface area contributed by atoms with Gasteiger partial charge in [-0.25, -0.2) is 4.72 Å². The van der Waals surface area contributed by atoms with Gasteiger partial charge in [0, 0.05) is 67.0 Å². The molecule has 0 saturated carbocycles. The van der Waals surface area contributed by atoms with Crippen molar-refractivity contribution in [3.05, 3.63) is 70.5 Å². The number of nitrogens with one attached hydrogen (secondary N) is 2. The Labute approximate surface area is 181 Å². The maximum atomic E-state index is 12.5. The number of H-pyrrole nitrogens is 1. The number of hydrogen-bond donors (Lipinski definition) is 2. The number of aryl methyl sites for hydroxylation is 2. The fourth-order valence-electron chi connectivity index (χ4n) is 3.53. The maximum Gasteiger partial charge on any atom is 0.274 e. The first kappa shape index (κ1) is 21.0. The van der Waals surface area contributed by atoms with Crippen LogP contribution in [0.5, 0.6) is 5.75 Å². The molecule has 2 N–H and O–H groups in total. The Morgan fingerprint density at radius 2 is 2.06 bits per heavy atom. The SMILES string of the molecule is Cn1nccc1COc1ccc(CCNS(=O)[O-])cc1-c1cn(C)c(=O)c2[nH]ccc12. The topological polar surface area (TPSA) is 117 Å². The molecular formula is C21H22N5O4S-. The van der Waals surface area contributed by atoms with Gasteiger partial charge < -0.3 is 18.8 Å². The van der Waals surface area contributed by atoms with Crippen molar-refractivity contribution in [2.75, 3.05) is 6.54 Å².